The van der Waals surface area contributed by atoms with Crippen molar-refractivity contribution in [3.05, 3.63) is 0 Å². The molecule has 3 nitrogen and oxygen atoms in total. The minimum atomic E-state index is 0.509. The van der Waals surface area contributed by atoms with Gasteiger partial charge in [0.15, 0.2) is 0 Å². The first kappa shape index (κ1) is 11.4. The van der Waals surface area contributed by atoms with Crippen molar-refractivity contribution in [2.75, 3.05) is 20.3 Å². The number of aliphatic imine (C=N–C) groups is 2. The van der Waals surface area contributed by atoms with Crippen LogP contribution >= 0.6 is 0 Å². The summed E-state index contributed by atoms with van der Waals surface area (Å²) in [6.45, 7) is 5.88. The minimum Gasteiger partial charge on any atom is -0.381 e. The van der Waals surface area contributed by atoms with Crippen LogP contribution in [0, 0.1) is 5.92 Å². The van der Waals surface area contributed by atoms with E-state index in [4.69, 9.17) is 4.74 Å². The number of ether oxygens (including phenoxy) is 1. The Balaban J connectivity index is 2.61. The van der Waals surface area contributed by atoms with Crippen LogP contribution in [-0.2, 0) is 4.74 Å². The Morgan fingerprint density at radius 2 is 2.00 bits per heavy atom. The summed E-state index contributed by atoms with van der Waals surface area (Å²) in [5.74, 6) is 1.52. The van der Waals surface area contributed by atoms with Crippen LogP contribution < -0.4 is 0 Å². The molecule has 80 valence electrons. The molecule has 0 aromatic carbocycles. The molecule has 1 aliphatic rings. The Labute approximate surface area is 86.3 Å². The lowest BCUT2D eigenvalue weighted by Crippen LogP contribution is -2.23. The van der Waals surface area contributed by atoms with Crippen LogP contribution in [0.15, 0.2) is 9.98 Å². The summed E-state index contributed by atoms with van der Waals surface area (Å²) in [7, 11) is 1.83. The van der Waals surface area contributed by atoms with Crippen molar-refractivity contribution in [2.45, 2.75) is 33.1 Å². The maximum atomic E-state index is 5.32. The molecule has 1 aliphatic heterocycles. The molecule has 1 rings (SSSR count). The minimum absolute atomic E-state index is 0.509. The number of amidine groups is 1. The molecule has 14 heavy (non-hydrogen) atoms. The SMILES string of the molecule is CCC(C)=NC(=NC)C1CCOCC1. The molecule has 1 heterocycles. The second-order valence-electron chi connectivity index (χ2n) is 3.67. The number of rotatable bonds is 2. The van der Waals surface area contributed by atoms with E-state index in [1.54, 1.807) is 0 Å². The number of hydrogen-bond acceptors (Lipinski definition) is 2. The van der Waals surface area contributed by atoms with Crippen LogP contribution in [0.3, 0.4) is 0 Å². The van der Waals surface area contributed by atoms with Gasteiger partial charge in [-0.2, -0.15) is 0 Å². The van der Waals surface area contributed by atoms with Crippen molar-refractivity contribution in [2.24, 2.45) is 15.9 Å². The lowest BCUT2D eigenvalue weighted by Gasteiger charge is -2.21. The lowest BCUT2D eigenvalue weighted by atomic mass is 9.99. The third-order valence-electron chi connectivity index (χ3n) is 2.63. The van der Waals surface area contributed by atoms with Crippen molar-refractivity contribution in [3.8, 4) is 0 Å². The van der Waals surface area contributed by atoms with Gasteiger partial charge in [0, 0.05) is 31.9 Å². The summed E-state index contributed by atoms with van der Waals surface area (Å²) < 4.78 is 5.32. The maximum absolute atomic E-state index is 5.32. The Morgan fingerprint density at radius 1 is 1.36 bits per heavy atom. The third kappa shape index (κ3) is 3.22. The molecule has 1 saturated heterocycles. The molecule has 3 heteroatoms. The molecule has 0 saturated carbocycles. The van der Waals surface area contributed by atoms with Gasteiger partial charge in [-0.3, -0.25) is 4.99 Å². The van der Waals surface area contributed by atoms with Gasteiger partial charge in [-0.25, -0.2) is 4.99 Å². The molecule has 0 bridgehead atoms. The van der Waals surface area contributed by atoms with Crippen LogP contribution in [0.2, 0.25) is 0 Å². The Morgan fingerprint density at radius 3 is 2.50 bits per heavy atom. The largest absolute Gasteiger partial charge is 0.381 e. The second kappa shape index (κ2) is 5.91. The van der Waals surface area contributed by atoms with Crippen molar-refractivity contribution in [1.29, 1.82) is 0 Å². The zero-order valence-electron chi connectivity index (χ0n) is 9.42. The molecule has 0 aromatic rings. The highest BCUT2D eigenvalue weighted by Crippen LogP contribution is 2.17. The highest BCUT2D eigenvalue weighted by Gasteiger charge is 2.18. The normalized spacial score (nSPS) is 21.4. The fourth-order valence-corrected chi connectivity index (χ4v) is 1.55. The van der Waals surface area contributed by atoms with E-state index in [0.29, 0.717) is 5.92 Å². The Bertz CT molecular complexity index is 227. The van der Waals surface area contributed by atoms with Gasteiger partial charge in [0.1, 0.15) is 5.84 Å². The summed E-state index contributed by atoms with van der Waals surface area (Å²) >= 11 is 0. The predicted octanol–water partition coefficient (Wildman–Crippen LogP) is 2.31. The molecule has 0 radical (unpaired) electrons. The van der Waals surface area contributed by atoms with E-state index in [1.165, 1.54) is 0 Å². The topological polar surface area (TPSA) is 34.0 Å². The Hall–Kier alpha value is -0.700. The van der Waals surface area contributed by atoms with Gasteiger partial charge in [-0.05, 0) is 26.2 Å². The average Bonchev–Trinajstić information content (AvgIpc) is 2.26. The summed E-state index contributed by atoms with van der Waals surface area (Å²) in [5.41, 5.74) is 1.16. The van der Waals surface area contributed by atoms with Gasteiger partial charge in [-0.1, -0.05) is 6.92 Å². The standard InChI is InChI=1S/C11H20N2O/c1-4-9(2)13-11(12-3)10-5-7-14-8-6-10/h10H,4-8H2,1-3H3. The molecular weight excluding hydrogens is 176 g/mol. The van der Waals surface area contributed by atoms with Gasteiger partial charge < -0.3 is 4.74 Å². The molecular formula is C11H20N2O. The lowest BCUT2D eigenvalue weighted by molar-refractivity contribution is 0.0825. The van der Waals surface area contributed by atoms with Gasteiger partial charge >= 0.3 is 0 Å². The van der Waals surface area contributed by atoms with E-state index < -0.39 is 0 Å². The number of hydrogen-bond donors (Lipinski definition) is 0. The van der Waals surface area contributed by atoms with Gasteiger partial charge in [0.05, 0.1) is 0 Å². The molecule has 0 N–H and O–H groups in total. The van der Waals surface area contributed by atoms with Crippen LogP contribution in [-0.4, -0.2) is 31.8 Å². The zero-order chi connectivity index (χ0) is 10.4. The highest BCUT2D eigenvalue weighted by molar-refractivity contribution is 5.97. The molecule has 0 spiro atoms. The van der Waals surface area contributed by atoms with E-state index in [1.807, 2.05) is 7.05 Å². The van der Waals surface area contributed by atoms with Crippen molar-refractivity contribution in [3.63, 3.8) is 0 Å². The van der Waals surface area contributed by atoms with E-state index >= 15 is 0 Å². The second-order valence-corrected chi connectivity index (χ2v) is 3.67. The first-order valence-corrected chi connectivity index (χ1v) is 5.36. The molecule has 0 unspecified atom stereocenters. The summed E-state index contributed by atoms with van der Waals surface area (Å²) in [6, 6.07) is 0. The zero-order valence-corrected chi connectivity index (χ0v) is 9.42. The Kier molecular flexibility index (Phi) is 4.80. The van der Waals surface area contributed by atoms with E-state index in [9.17, 15) is 0 Å². The molecule has 0 aliphatic carbocycles. The first-order chi connectivity index (χ1) is 6.77. The van der Waals surface area contributed by atoms with Gasteiger partial charge in [0.25, 0.3) is 0 Å². The summed E-state index contributed by atoms with van der Waals surface area (Å²) in [5, 5.41) is 0. The molecule has 1 fully saturated rings. The highest BCUT2D eigenvalue weighted by atomic mass is 16.5. The molecule has 0 atom stereocenters. The maximum Gasteiger partial charge on any atom is 0.126 e. The molecule has 0 amide bonds. The van der Waals surface area contributed by atoms with Crippen molar-refractivity contribution in [1.82, 2.24) is 0 Å². The van der Waals surface area contributed by atoms with E-state index in [0.717, 1.165) is 44.0 Å². The summed E-state index contributed by atoms with van der Waals surface area (Å²) in [6.07, 6.45) is 3.13. The summed E-state index contributed by atoms with van der Waals surface area (Å²) in [4.78, 5) is 8.82. The van der Waals surface area contributed by atoms with E-state index in [-0.39, 0.29) is 0 Å². The quantitative estimate of drug-likeness (QED) is 0.493. The predicted molar refractivity (Wildman–Crippen MR) is 60.3 cm³/mol. The van der Waals surface area contributed by atoms with Crippen LogP contribution in [0.5, 0.6) is 0 Å². The smallest absolute Gasteiger partial charge is 0.126 e. The van der Waals surface area contributed by atoms with Crippen LogP contribution in [0.25, 0.3) is 0 Å². The van der Waals surface area contributed by atoms with Crippen molar-refractivity contribution < 1.29 is 4.74 Å². The fraction of sp³-hybridized carbons (Fsp3) is 0.818. The number of nitrogens with zero attached hydrogens (tertiary/aromatic N) is 2. The monoisotopic (exact) mass is 196 g/mol. The van der Waals surface area contributed by atoms with Crippen LogP contribution in [0.1, 0.15) is 33.1 Å². The van der Waals surface area contributed by atoms with E-state index in [2.05, 4.69) is 23.8 Å². The van der Waals surface area contributed by atoms with Crippen molar-refractivity contribution >= 4 is 11.5 Å². The van der Waals surface area contributed by atoms with Gasteiger partial charge in [0.2, 0.25) is 0 Å². The molecule has 0 aromatic heterocycles. The third-order valence-corrected chi connectivity index (χ3v) is 2.63. The fourth-order valence-electron chi connectivity index (χ4n) is 1.55. The first-order valence-electron chi connectivity index (χ1n) is 5.36. The van der Waals surface area contributed by atoms with Gasteiger partial charge in [-0.15, -0.1) is 0 Å². The van der Waals surface area contributed by atoms with Crippen LogP contribution in [0.4, 0.5) is 0 Å². The average molecular weight is 196 g/mol.